The lowest BCUT2D eigenvalue weighted by Crippen LogP contribution is -2.16. The number of anilines is 1. The molecular formula is C16H18N2O2. The van der Waals surface area contributed by atoms with Crippen molar-refractivity contribution in [3.8, 4) is 11.5 Å². The van der Waals surface area contributed by atoms with Crippen molar-refractivity contribution >= 4 is 11.6 Å². The summed E-state index contributed by atoms with van der Waals surface area (Å²) in [7, 11) is 0. The van der Waals surface area contributed by atoms with Crippen LogP contribution in [-0.2, 0) is 4.79 Å². The van der Waals surface area contributed by atoms with E-state index in [1.54, 1.807) is 6.07 Å². The van der Waals surface area contributed by atoms with Crippen LogP contribution in [0.25, 0.3) is 0 Å². The summed E-state index contributed by atoms with van der Waals surface area (Å²) in [5.41, 5.74) is 7.18. The van der Waals surface area contributed by atoms with Crippen LogP contribution in [0.2, 0.25) is 0 Å². The lowest BCUT2D eigenvalue weighted by Gasteiger charge is -2.12. The van der Waals surface area contributed by atoms with E-state index in [2.05, 4.69) is 5.32 Å². The third kappa shape index (κ3) is 3.83. The maximum Gasteiger partial charge on any atom is 0.225 e. The predicted octanol–water partition coefficient (Wildman–Crippen LogP) is 3.07. The van der Waals surface area contributed by atoms with Crippen LogP contribution in [0.1, 0.15) is 12.0 Å². The highest BCUT2D eigenvalue weighted by Gasteiger charge is 2.07. The monoisotopic (exact) mass is 270 g/mol. The smallest absolute Gasteiger partial charge is 0.225 e. The van der Waals surface area contributed by atoms with Gasteiger partial charge in [-0.2, -0.15) is 0 Å². The Bertz CT molecular complexity index is 579. The zero-order valence-electron chi connectivity index (χ0n) is 11.4. The third-order valence-corrected chi connectivity index (χ3v) is 2.78. The number of para-hydroxylation sites is 2. The second kappa shape index (κ2) is 6.73. The van der Waals surface area contributed by atoms with E-state index in [4.69, 9.17) is 10.5 Å². The fourth-order valence-corrected chi connectivity index (χ4v) is 1.74. The molecule has 0 saturated carbocycles. The Morgan fingerprint density at radius 2 is 1.85 bits per heavy atom. The number of benzene rings is 2. The van der Waals surface area contributed by atoms with Gasteiger partial charge in [0, 0.05) is 13.0 Å². The van der Waals surface area contributed by atoms with Gasteiger partial charge in [-0.15, -0.1) is 0 Å². The number of aryl methyl sites for hydroxylation is 1. The van der Waals surface area contributed by atoms with Gasteiger partial charge in [0.1, 0.15) is 5.75 Å². The van der Waals surface area contributed by atoms with Crippen molar-refractivity contribution in [2.75, 3.05) is 11.9 Å². The molecule has 0 bridgehead atoms. The minimum atomic E-state index is -0.118. The van der Waals surface area contributed by atoms with Gasteiger partial charge in [0.25, 0.3) is 0 Å². The van der Waals surface area contributed by atoms with E-state index in [9.17, 15) is 4.79 Å². The van der Waals surface area contributed by atoms with Crippen LogP contribution in [0.3, 0.4) is 0 Å². The van der Waals surface area contributed by atoms with Crippen LogP contribution in [-0.4, -0.2) is 12.5 Å². The van der Waals surface area contributed by atoms with Crippen molar-refractivity contribution in [2.24, 2.45) is 5.73 Å². The van der Waals surface area contributed by atoms with Crippen LogP contribution >= 0.6 is 0 Å². The van der Waals surface area contributed by atoms with Crippen LogP contribution in [0, 0.1) is 6.92 Å². The Balaban J connectivity index is 2.15. The standard InChI is InChI=1S/C16H18N2O2/c1-12-6-8-13(9-7-12)20-15-5-3-2-4-14(15)18-16(19)10-11-17/h2-9H,10-11,17H2,1H3,(H,18,19). The highest BCUT2D eigenvalue weighted by atomic mass is 16.5. The Morgan fingerprint density at radius 1 is 1.15 bits per heavy atom. The van der Waals surface area contributed by atoms with Gasteiger partial charge < -0.3 is 15.8 Å². The molecule has 1 amide bonds. The summed E-state index contributed by atoms with van der Waals surface area (Å²) in [6, 6.07) is 15.1. The van der Waals surface area contributed by atoms with Gasteiger partial charge in [0.2, 0.25) is 5.91 Å². The second-order valence-corrected chi connectivity index (χ2v) is 4.50. The summed E-state index contributed by atoms with van der Waals surface area (Å²) in [6.45, 7) is 2.34. The molecule has 0 aliphatic heterocycles. The molecule has 0 saturated heterocycles. The molecule has 0 aliphatic carbocycles. The maximum absolute atomic E-state index is 11.6. The molecule has 0 aromatic heterocycles. The van der Waals surface area contributed by atoms with Crippen molar-refractivity contribution in [1.82, 2.24) is 0 Å². The summed E-state index contributed by atoms with van der Waals surface area (Å²) in [6.07, 6.45) is 0.291. The van der Waals surface area contributed by atoms with Gasteiger partial charge in [0.05, 0.1) is 5.69 Å². The van der Waals surface area contributed by atoms with Gasteiger partial charge in [-0.05, 0) is 31.2 Å². The lowest BCUT2D eigenvalue weighted by atomic mass is 10.2. The Kier molecular flexibility index (Phi) is 4.74. The number of hydrogen-bond donors (Lipinski definition) is 2. The molecule has 20 heavy (non-hydrogen) atoms. The summed E-state index contributed by atoms with van der Waals surface area (Å²) < 4.78 is 5.80. The molecule has 0 atom stereocenters. The minimum absolute atomic E-state index is 0.118. The zero-order chi connectivity index (χ0) is 14.4. The molecule has 3 N–H and O–H groups in total. The number of hydrogen-bond acceptors (Lipinski definition) is 3. The largest absolute Gasteiger partial charge is 0.455 e. The topological polar surface area (TPSA) is 64.3 Å². The molecule has 2 aromatic rings. The average Bonchev–Trinajstić information content (AvgIpc) is 2.44. The van der Waals surface area contributed by atoms with Gasteiger partial charge in [0.15, 0.2) is 5.75 Å². The summed E-state index contributed by atoms with van der Waals surface area (Å²) in [5, 5.41) is 2.80. The predicted molar refractivity (Wildman–Crippen MR) is 80.0 cm³/mol. The molecule has 0 heterocycles. The van der Waals surface area contributed by atoms with Crippen molar-refractivity contribution in [3.05, 3.63) is 54.1 Å². The number of amides is 1. The van der Waals surface area contributed by atoms with E-state index < -0.39 is 0 Å². The first-order valence-corrected chi connectivity index (χ1v) is 6.52. The van der Waals surface area contributed by atoms with Crippen LogP contribution in [0.15, 0.2) is 48.5 Å². The Labute approximate surface area is 118 Å². The SMILES string of the molecule is Cc1ccc(Oc2ccccc2NC(=O)CCN)cc1. The van der Waals surface area contributed by atoms with E-state index in [1.165, 1.54) is 5.56 Å². The average molecular weight is 270 g/mol. The summed E-state index contributed by atoms with van der Waals surface area (Å²) in [4.78, 5) is 11.6. The molecule has 104 valence electrons. The molecule has 0 fully saturated rings. The molecule has 0 unspecified atom stereocenters. The molecule has 0 aliphatic rings. The molecule has 0 radical (unpaired) electrons. The van der Waals surface area contributed by atoms with Crippen molar-refractivity contribution in [2.45, 2.75) is 13.3 Å². The second-order valence-electron chi connectivity index (χ2n) is 4.50. The Hall–Kier alpha value is -2.33. The van der Waals surface area contributed by atoms with E-state index in [0.29, 0.717) is 24.4 Å². The summed E-state index contributed by atoms with van der Waals surface area (Å²) >= 11 is 0. The van der Waals surface area contributed by atoms with Crippen LogP contribution in [0.5, 0.6) is 11.5 Å². The van der Waals surface area contributed by atoms with E-state index in [1.807, 2.05) is 49.4 Å². The number of rotatable bonds is 5. The fraction of sp³-hybridized carbons (Fsp3) is 0.188. The quantitative estimate of drug-likeness (QED) is 0.877. The first-order chi connectivity index (χ1) is 9.69. The highest BCUT2D eigenvalue weighted by molar-refractivity contribution is 5.92. The molecule has 4 heteroatoms. The van der Waals surface area contributed by atoms with Crippen LogP contribution in [0.4, 0.5) is 5.69 Å². The number of nitrogens with one attached hydrogen (secondary N) is 1. The molecule has 0 spiro atoms. The molecular weight excluding hydrogens is 252 g/mol. The number of ether oxygens (including phenoxy) is 1. The van der Waals surface area contributed by atoms with Crippen molar-refractivity contribution in [3.63, 3.8) is 0 Å². The van der Waals surface area contributed by atoms with E-state index in [0.717, 1.165) is 5.75 Å². The normalized spacial score (nSPS) is 10.1. The number of carbonyl (C=O) groups excluding carboxylic acids is 1. The van der Waals surface area contributed by atoms with E-state index in [-0.39, 0.29) is 5.91 Å². The molecule has 2 rings (SSSR count). The highest BCUT2D eigenvalue weighted by Crippen LogP contribution is 2.29. The first kappa shape index (κ1) is 14.1. The number of carbonyl (C=O) groups is 1. The van der Waals surface area contributed by atoms with E-state index >= 15 is 0 Å². The zero-order valence-corrected chi connectivity index (χ0v) is 11.4. The van der Waals surface area contributed by atoms with Crippen molar-refractivity contribution < 1.29 is 9.53 Å². The summed E-state index contributed by atoms with van der Waals surface area (Å²) in [5.74, 6) is 1.23. The van der Waals surface area contributed by atoms with Gasteiger partial charge in [-0.3, -0.25) is 4.79 Å². The van der Waals surface area contributed by atoms with Gasteiger partial charge >= 0.3 is 0 Å². The minimum Gasteiger partial charge on any atom is -0.455 e. The van der Waals surface area contributed by atoms with Gasteiger partial charge in [-0.25, -0.2) is 0 Å². The molecule has 4 nitrogen and oxygen atoms in total. The van der Waals surface area contributed by atoms with Crippen molar-refractivity contribution in [1.29, 1.82) is 0 Å². The van der Waals surface area contributed by atoms with Crippen LogP contribution < -0.4 is 15.8 Å². The third-order valence-electron chi connectivity index (χ3n) is 2.78. The Morgan fingerprint density at radius 3 is 2.55 bits per heavy atom. The maximum atomic E-state index is 11.6. The lowest BCUT2D eigenvalue weighted by molar-refractivity contribution is -0.116. The molecule has 2 aromatic carbocycles. The fourth-order valence-electron chi connectivity index (χ4n) is 1.74. The van der Waals surface area contributed by atoms with Gasteiger partial charge in [-0.1, -0.05) is 29.8 Å². The first-order valence-electron chi connectivity index (χ1n) is 6.52. The number of nitrogens with two attached hydrogens (primary N) is 1.